The van der Waals surface area contributed by atoms with Gasteiger partial charge in [-0.1, -0.05) is 22.9 Å². The van der Waals surface area contributed by atoms with Crippen LogP contribution >= 0.6 is 15.9 Å². The highest BCUT2D eigenvalue weighted by molar-refractivity contribution is 9.10. The van der Waals surface area contributed by atoms with E-state index in [4.69, 9.17) is 0 Å². The molecule has 3 nitrogen and oxygen atoms in total. The number of hydrogen-bond acceptors (Lipinski definition) is 2. The van der Waals surface area contributed by atoms with E-state index in [0.29, 0.717) is 18.0 Å². The molecule has 0 saturated heterocycles. The summed E-state index contributed by atoms with van der Waals surface area (Å²) in [7, 11) is 0. The number of hydrogen-bond donors (Lipinski definition) is 2. The molecule has 2 rings (SSSR count). The van der Waals surface area contributed by atoms with E-state index >= 15 is 0 Å². The maximum absolute atomic E-state index is 12.2. The Labute approximate surface area is 128 Å². The fourth-order valence-corrected chi connectivity index (χ4v) is 3.17. The Hall–Kier alpha value is -0.870. The van der Waals surface area contributed by atoms with Crippen molar-refractivity contribution in [1.82, 2.24) is 5.32 Å². The molecule has 1 amide bonds. The molecule has 4 heteroatoms. The van der Waals surface area contributed by atoms with Crippen molar-refractivity contribution in [1.29, 1.82) is 0 Å². The largest absolute Gasteiger partial charge is 0.388 e. The quantitative estimate of drug-likeness (QED) is 0.886. The highest BCUT2D eigenvalue weighted by atomic mass is 79.9. The molecule has 1 aromatic carbocycles. The van der Waals surface area contributed by atoms with Gasteiger partial charge < -0.3 is 10.4 Å². The van der Waals surface area contributed by atoms with Crippen LogP contribution in [-0.4, -0.2) is 23.2 Å². The molecule has 0 aliphatic heterocycles. The zero-order valence-electron chi connectivity index (χ0n) is 12.1. The van der Waals surface area contributed by atoms with Crippen LogP contribution in [-0.2, 0) is 0 Å². The van der Waals surface area contributed by atoms with Gasteiger partial charge in [0.2, 0.25) is 0 Å². The average Bonchev–Trinajstić information content (AvgIpc) is 2.40. The summed E-state index contributed by atoms with van der Waals surface area (Å²) in [4.78, 5) is 12.2. The summed E-state index contributed by atoms with van der Waals surface area (Å²) in [6.45, 7) is 4.47. The zero-order valence-corrected chi connectivity index (χ0v) is 13.7. The predicted molar refractivity (Wildman–Crippen MR) is 83.8 cm³/mol. The van der Waals surface area contributed by atoms with Gasteiger partial charge in [-0.15, -0.1) is 0 Å². The number of aliphatic hydroxyl groups is 1. The minimum Gasteiger partial charge on any atom is -0.388 e. The predicted octanol–water partition coefficient (Wildman–Crippen LogP) is 3.43. The van der Waals surface area contributed by atoms with E-state index in [1.165, 1.54) is 0 Å². The van der Waals surface area contributed by atoms with Gasteiger partial charge in [-0.3, -0.25) is 4.79 Å². The topological polar surface area (TPSA) is 49.3 Å². The molecule has 0 atom stereocenters. The molecule has 1 aliphatic carbocycles. The first-order chi connectivity index (χ1) is 9.39. The van der Waals surface area contributed by atoms with Gasteiger partial charge in [-0.05, 0) is 62.3 Å². The maximum Gasteiger partial charge on any atom is 0.251 e. The third kappa shape index (κ3) is 3.83. The second kappa shape index (κ2) is 6.27. The molecule has 0 bridgehead atoms. The van der Waals surface area contributed by atoms with Crippen LogP contribution < -0.4 is 5.32 Å². The van der Waals surface area contributed by atoms with Crippen LogP contribution in [0.2, 0.25) is 0 Å². The highest BCUT2D eigenvalue weighted by Crippen LogP contribution is 2.31. The molecular formula is C16H22BrNO2. The van der Waals surface area contributed by atoms with Crippen LogP contribution in [0.25, 0.3) is 0 Å². The third-order valence-corrected chi connectivity index (χ3v) is 4.71. The van der Waals surface area contributed by atoms with E-state index < -0.39 is 5.60 Å². The van der Waals surface area contributed by atoms with Crippen LogP contribution in [0.1, 0.15) is 48.5 Å². The number of amides is 1. The first-order valence-electron chi connectivity index (χ1n) is 7.16. The number of carbonyl (C=O) groups excluding carboxylic acids is 1. The molecule has 1 aromatic rings. The van der Waals surface area contributed by atoms with Crippen molar-refractivity contribution in [3.05, 3.63) is 33.8 Å². The standard InChI is InChI=1S/C16H22BrNO2/c1-11-5-7-16(20,8-6-11)10-18-15(19)14-4-3-13(17)9-12(14)2/h3-4,9,11,20H,5-8,10H2,1-2H3,(H,18,19). The van der Waals surface area contributed by atoms with E-state index in [0.717, 1.165) is 35.7 Å². The minimum absolute atomic E-state index is 0.109. The van der Waals surface area contributed by atoms with Crippen molar-refractivity contribution in [2.24, 2.45) is 5.92 Å². The van der Waals surface area contributed by atoms with Crippen LogP contribution in [0.3, 0.4) is 0 Å². The van der Waals surface area contributed by atoms with Gasteiger partial charge in [0.25, 0.3) is 5.91 Å². The molecule has 1 saturated carbocycles. The summed E-state index contributed by atoms with van der Waals surface area (Å²) in [5.41, 5.74) is 0.868. The third-order valence-electron chi connectivity index (χ3n) is 4.22. The van der Waals surface area contributed by atoms with Gasteiger partial charge in [0.1, 0.15) is 0 Å². The number of benzene rings is 1. The lowest BCUT2D eigenvalue weighted by molar-refractivity contribution is -0.00540. The van der Waals surface area contributed by atoms with Crippen molar-refractivity contribution < 1.29 is 9.90 Å². The van der Waals surface area contributed by atoms with Gasteiger partial charge in [-0.25, -0.2) is 0 Å². The Balaban J connectivity index is 1.95. The summed E-state index contributed by atoms with van der Waals surface area (Å²) in [5, 5.41) is 13.4. The monoisotopic (exact) mass is 339 g/mol. The zero-order chi connectivity index (χ0) is 14.8. The Kier molecular flexibility index (Phi) is 4.86. The normalized spacial score (nSPS) is 26.3. The molecule has 110 valence electrons. The van der Waals surface area contributed by atoms with E-state index in [1.807, 2.05) is 25.1 Å². The lowest BCUT2D eigenvalue weighted by atomic mass is 9.79. The summed E-state index contributed by atoms with van der Waals surface area (Å²) in [6, 6.07) is 5.59. The van der Waals surface area contributed by atoms with E-state index in [-0.39, 0.29) is 5.91 Å². The van der Waals surface area contributed by atoms with Crippen molar-refractivity contribution in [2.45, 2.75) is 45.1 Å². The molecule has 0 aromatic heterocycles. The Morgan fingerprint density at radius 1 is 1.45 bits per heavy atom. The molecule has 0 heterocycles. The lowest BCUT2D eigenvalue weighted by Crippen LogP contribution is -2.45. The Morgan fingerprint density at radius 3 is 2.70 bits per heavy atom. The number of rotatable bonds is 3. The second-order valence-corrected chi connectivity index (χ2v) is 6.96. The Morgan fingerprint density at radius 2 is 2.10 bits per heavy atom. The van der Waals surface area contributed by atoms with E-state index in [2.05, 4.69) is 28.2 Å². The number of carbonyl (C=O) groups is 1. The highest BCUT2D eigenvalue weighted by Gasteiger charge is 2.32. The average molecular weight is 340 g/mol. The maximum atomic E-state index is 12.2. The SMILES string of the molecule is Cc1cc(Br)ccc1C(=O)NCC1(O)CCC(C)CC1. The molecule has 0 unspecified atom stereocenters. The van der Waals surface area contributed by atoms with Crippen LogP contribution in [0.15, 0.2) is 22.7 Å². The minimum atomic E-state index is -0.731. The van der Waals surface area contributed by atoms with Crippen LogP contribution in [0, 0.1) is 12.8 Å². The lowest BCUT2D eigenvalue weighted by Gasteiger charge is -2.35. The summed E-state index contributed by atoms with van der Waals surface area (Å²) in [6.07, 6.45) is 3.61. The molecule has 20 heavy (non-hydrogen) atoms. The second-order valence-electron chi connectivity index (χ2n) is 6.05. The van der Waals surface area contributed by atoms with Crippen molar-refractivity contribution in [3.8, 4) is 0 Å². The molecule has 1 aliphatic rings. The number of aryl methyl sites for hydroxylation is 1. The van der Waals surface area contributed by atoms with Crippen molar-refractivity contribution in [3.63, 3.8) is 0 Å². The fourth-order valence-electron chi connectivity index (χ4n) is 2.70. The van der Waals surface area contributed by atoms with Gasteiger partial charge >= 0.3 is 0 Å². The molecule has 2 N–H and O–H groups in total. The molecule has 0 spiro atoms. The van der Waals surface area contributed by atoms with Crippen LogP contribution in [0.4, 0.5) is 0 Å². The van der Waals surface area contributed by atoms with Crippen molar-refractivity contribution in [2.75, 3.05) is 6.54 Å². The van der Waals surface area contributed by atoms with Gasteiger partial charge in [0.15, 0.2) is 0 Å². The Bertz CT molecular complexity index is 493. The number of nitrogens with one attached hydrogen (secondary N) is 1. The molecule has 0 radical (unpaired) electrons. The van der Waals surface area contributed by atoms with Gasteiger partial charge in [-0.2, -0.15) is 0 Å². The summed E-state index contributed by atoms with van der Waals surface area (Å²) in [5.74, 6) is 0.571. The smallest absolute Gasteiger partial charge is 0.251 e. The first-order valence-corrected chi connectivity index (χ1v) is 7.96. The molecular weight excluding hydrogens is 318 g/mol. The fraction of sp³-hybridized carbons (Fsp3) is 0.562. The van der Waals surface area contributed by atoms with Gasteiger partial charge in [0.05, 0.1) is 5.60 Å². The van der Waals surface area contributed by atoms with E-state index in [1.54, 1.807) is 0 Å². The van der Waals surface area contributed by atoms with Gasteiger partial charge in [0, 0.05) is 16.6 Å². The van der Waals surface area contributed by atoms with Crippen LogP contribution in [0.5, 0.6) is 0 Å². The first kappa shape index (κ1) is 15.5. The summed E-state index contributed by atoms with van der Waals surface area (Å²) < 4.78 is 0.964. The number of halogens is 1. The van der Waals surface area contributed by atoms with Crippen molar-refractivity contribution >= 4 is 21.8 Å². The molecule has 1 fully saturated rings. The summed E-state index contributed by atoms with van der Waals surface area (Å²) >= 11 is 3.39. The van der Waals surface area contributed by atoms with E-state index in [9.17, 15) is 9.90 Å².